The minimum absolute atomic E-state index is 0.0197. The Balaban J connectivity index is 2.28. The predicted molar refractivity (Wildman–Crippen MR) is 82.9 cm³/mol. The van der Waals surface area contributed by atoms with Gasteiger partial charge in [0.2, 0.25) is 11.8 Å². The van der Waals surface area contributed by atoms with Crippen molar-refractivity contribution in [1.29, 1.82) is 0 Å². The van der Waals surface area contributed by atoms with Crippen LogP contribution in [0.25, 0.3) is 0 Å². The molecule has 0 aliphatic carbocycles. The Morgan fingerprint density at radius 3 is 2.62 bits per heavy atom. The Bertz CT molecular complexity index is 547. The maximum absolute atomic E-state index is 12.8. The van der Waals surface area contributed by atoms with Gasteiger partial charge in [0.05, 0.1) is 6.54 Å². The smallest absolute Gasteiger partial charge is 0.246 e. The lowest BCUT2D eigenvalue weighted by Gasteiger charge is -2.33. The van der Waals surface area contributed by atoms with Gasteiger partial charge in [-0.05, 0) is 19.3 Å². The van der Waals surface area contributed by atoms with E-state index >= 15 is 0 Å². The number of hydrogen-bond donors (Lipinski definition) is 1. The summed E-state index contributed by atoms with van der Waals surface area (Å²) >= 11 is 1.55. The van der Waals surface area contributed by atoms with Gasteiger partial charge < -0.3 is 10.2 Å². The van der Waals surface area contributed by atoms with Crippen LogP contribution in [0.1, 0.15) is 44.8 Å². The third-order valence-corrected chi connectivity index (χ3v) is 4.64. The third-order valence-electron chi connectivity index (χ3n) is 3.69. The van der Waals surface area contributed by atoms with Gasteiger partial charge in [-0.25, -0.2) is 4.98 Å². The fraction of sp³-hybridized carbons (Fsp3) is 0.667. The van der Waals surface area contributed by atoms with E-state index in [1.54, 1.807) is 16.2 Å². The van der Waals surface area contributed by atoms with E-state index in [2.05, 4.69) is 10.3 Å². The Morgan fingerprint density at radius 2 is 2.10 bits per heavy atom. The zero-order valence-corrected chi connectivity index (χ0v) is 14.1. The quantitative estimate of drug-likeness (QED) is 0.910. The second-order valence-electron chi connectivity index (χ2n) is 6.77. The molecule has 0 radical (unpaired) electrons. The molecule has 2 atom stereocenters. The average molecular weight is 309 g/mol. The minimum atomic E-state index is -0.490. The van der Waals surface area contributed by atoms with Crippen LogP contribution in [0, 0.1) is 12.3 Å². The number of thiazole rings is 1. The van der Waals surface area contributed by atoms with Crippen LogP contribution < -0.4 is 5.32 Å². The zero-order valence-electron chi connectivity index (χ0n) is 13.3. The van der Waals surface area contributed by atoms with E-state index in [4.69, 9.17) is 0 Å². The largest absolute Gasteiger partial charge is 0.344 e. The number of rotatable bonds is 2. The highest BCUT2D eigenvalue weighted by molar-refractivity contribution is 7.09. The van der Waals surface area contributed by atoms with Gasteiger partial charge in [0.15, 0.2) is 0 Å². The maximum atomic E-state index is 12.8. The number of aryl methyl sites for hydroxylation is 1. The van der Waals surface area contributed by atoms with Gasteiger partial charge in [-0.15, -0.1) is 11.3 Å². The van der Waals surface area contributed by atoms with Crippen molar-refractivity contribution in [2.75, 3.05) is 0 Å². The zero-order chi connectivity index (χ0) is 15.8. The normalized spacial score (nSPS) is 24.0. The third kappa shape index (κ3) is 3.61. The molecule has 2 unspecified atom stereocenters. The second-order valence-corrected chi connectivity index (χ2v) is 7.71. The molecular weight excluding hydrogens is 286 g/mol. The van der Waals surface area contributed by atoms with E-state index in [0.29, 0.717) is 13.0 Å². The number of nitrogens with zero attached hydrogens (tertiary/aromatic N) is 2. The molecule has 0 aromatic carbocycles. The summed E-state index contributed by atoms with van der Waals surface area (Å²) in [6, 6.07) is -0.606. The van der Waals surface area contributed by atoms with Crippen LogP contribution in [0.2, 0.25) is 0 Å². The van der Waals surface area contributed by atoms with Crippen molar-refractivity contribution in [2.45, 2.75) is 59.7 Å². The highest BCUT2D eigenvalue weighted by Gasteiger charge is 2.40. The Morgan fingerprint density at radius 1 is 1.43 bits per heavy atom. The maximum Gasteiger partial charge on any atom is 0.246 e. The van der Waals surface area contributed by atoms with Crippen LogP contribution in [0.15, 0.2) is 5.38 Å². The Kier molecular flexibility index (Phi) is 4.37. The molecule has 0 bridgehead atoms. The first kappa shape index (κ1) is 15.9. The predicted octanol–water partition coefficient (Wildman–Crippen LogP) is 2.10. The van der Waals surface area contributed by atoms with Crippen molar-refractivity contribution in [3.8, 4) is 0 Å². The summed E-state index contributed by atoms with van der Waals surface area (Å²) in [5.74, 6) is -0.0812. The summed E-state index contributed by atoms with van der Waals surface area (Å²) in [4.78, 5) is 31.1. The fourth-order valence-electron chi connectivity index (χ4n) is 2.48. The van der Waals surface area contributed by atoms with Crippen LogP contribution in [0.4, 0.5) is 0 Å². The monoisotopic (exact) mass is 309 g/mol. The topological polar surface area (TPSA) is 62.3 Å². The van der Waals surface area contributed by atoms with Gasteiger partial charge in [-0.1, -0.05) is 20.8 Å². The summed E-state index contributed by atoms with van der Waals surface area (Å²) in [5.41, 5.74) is 0.653. The molecule has 5 nitrogen and oxygen atoms in total. The van der Waals surface area contributed by atoms with E-state index < -0.39 is 6.04 Å². The van der Waals surface area contributed by atoms with Gasteiger partial charge >= 0.3 is 0 Å². The summed E-state index contributed by atoms with van der Waals surface area (Å²) < 4.78 is 0. The van der Waals surface area contributed by atoms with E-state index in [9.17, 15) is 9.59 Å². The highest BCUT2D eigenvalue weighted by Crippen LogP contribution is 2.26. The lowest BCUT2D eigenvalue weighted by Crippen LogP contribution is -2.52. The minimum Gasteiger partial charge on any atom is -0.344 e. The van der Waals surface area contributed by atoms with Crippen molar-refractivity contribution in [3.63, 3.8) is 0 Å². The number of aromatic nitrogens is 1. The van der Waals surface area contributed by atoms with Crippen molar-refractivity contribution in [2.24, 2.45) is 5.41 Å². The molecule has 2 amide bonds. The molecule has 116 valence electrons. The number of amides is 2. The first-order chi connectivity index (χ1) is 9.68. The van der Waals surface area contributed by atoms with E-state index in [-0.39, 0.29) is 23.3 Å². The molecule has 1 aliphatic rings. The molecule has 1 saturated heterocycles. The summed E-state index contributed by atoms with van der Waals surface area (Å²) in [7, 11) is 0. The average Bonchev–Trinajstić information content (AvgIpc) is 2.71. The van der Waals surface area contributed by atoms with Gasteiger partial charge in [-0.2, -0.15) is 0 Å². The van der Waals surface area contributed by atoms with Crippen LogP contribution in [-0.4, -0.2) is 33.8 Å². The van der Waals surface area contributed by atoms with Crippen molar-refractivity contribution in [3.05, 3.63) is 16.1 Å². The molecule has 2 rings (SSSR count). The lowest BCUT2D eigenvalue weighted by molar-refractivity contribution is -0.138. The molecular formula is C15H23N3O2S. The Labute approximate surface area is 129 Å². The molecule has 2 heterocycles. The van der Waals surface area contributed by atoms with Crippen LogP contribution in [-0.2, 0) is 16.1 Å². The molecule has 1 aromatic rings. The van der Waals surface area contributed by atoms with E-state index in [1.807, 2.05) is 40.0 Å². The highest BCUT2D eigenvalue weighted by atomic mass is 32.1. The van der Waals surface area contributed by atoms with Gasteiger partial charge in [0.25, 0.3) is 0 Å². The van der Waals surface area contributed by atoms with Gasteiger partial charge in [0, 0.05) is 23.5 Å². The van der Waals surface area contributed by atoms with Gasteiger partial charge in [0.1, 0.15) is 11.0 Å². The molecule has 1 N–H and O–H groups in total. The number of carbonyl (C=O) groups excluding carboxylic acids is 2. The molecule has 0 spiro atoms. The van der Waals surface area contributed by atoms with Crippen LogP contribution in [0.5, 0.6) is 0 Å². The van der Waals surface area contributed by atoms with Gasteiger partial charge in [-0.3, -0.25) is 9.59 Å². The number of carbonyl (C=O) groups is 2. The fourth-order valence-corrected chi connectivity index (χ4v) is 3.25. The Hall–Kier alpha value is -1.43. The first-order valence-corrected chi connectivity index (χ1v) is 8.07. The second kappa shape index (κ2) is 5.75. The van der Waals surface area contributed by atoms with E-state index in [0.717, 1.165) is 10.7 Å². The summed E-state index contributed by atoms with van der Waals surface area (Å²) in [5, 5.41) is 5.76. The van der Waals surface area contributed by atoms with Crippen LogP contribution in [0.3, 0.4) is 0 Å². The number of nitrogens with one attached hydrogen (secondary N) is 1. The lowest BCUT2D eigenvalue weighted by atomic mass is 9.86. The molecule has 1 fully saturated rings. The molecule has 21 heavy (non-hydrogen) atoms. The standard InChI is InChI=1S/C15H23N3O2S/c1-9-8-21-12(16-9)7-18-10(2)6-11(19)17-13(14(18)20)15(3,4)5/h8,10,13H,6-7H2,1-5H3,(H,17,19). The molecule has 1 aliphatic heterocycles. The summed E-state index contributed by atoms with van der Waals surface area (Å²) in [6.07, 6.45) is 0.336. The molecule has 0 saturated carbocycles. The van der Waals surface area contributed by atoms with Crippen LogP contribution >= 0.6 is 11.3 Å². The molecule has 1 aromatic heterocycles. The van der Waals surface area contributed by atoms with E-state index in [1.165, 1.54) is 0 Å². The van der Waals surface area contributed by atoms with Crippen molar-refractivity contribution >= 4 is 23.2 Å². The first-order valence-electron chi connectivity index (χ1n) is 7.19. The SMILES string of the molecule is Cc1csc(CN2C(=O)C(C(C)(C)C)NC(=O)CC2C)n1. The summed E-state index contributed by atoms with van der Waals surface area (Å²) in [6.45, 7) is 10.2. The van der Waals surface area contributed by atoms with Crippen molar-refractivity contribution in [1.82, 2.24) is 15.2 Å². The molecule has 6 heteroatoms. The van der Waals surface area contributed by atoms with Crippen molar-refractivity contribution < 1.29 is 9.59 Å². The number of hydrogen-bond acceptors (Lipinski definition) is 4.